The van der Waals surface area contributed by atoms with E-state index in [0.29, 0.717) is 17.8 Å². The van der Waals surface area contributed by atoms with Crippen molar-refractivity contribution in [3.63, 3.8) is 0 Å². The van der Waals surface area contributed by atoms with Gasteiger partial charge in [-0.15, -0.1) is 0 Å². The molecule has 0 nitrogen and oxygen atoms in total. The molecule has 1 rings (SSSR count). The molecule has 0 saturated heterocycles. The Kier molecular flexibility index (Phi) is 6.71. The summed E-state index contributed by atoms with van der Waals surface area (Å²) in [7, 11) is 0. The first-order valence-corrected chi connectivity index (χ1v) is 5.88. The maximum absolute atomic E-state index is 2.44. The van der Waals surface area contributed by atoms with Crippen molar-refractivity contribution >= 4 is 0 Å². The monoisotopic (exact) mass is 331 g/mol. The summed E-state index contributed by atoms with van der Waals surface area (Å²) in [5.41, 5.74) is 4.92. The van der Waals surface area contributed by atoms with Crippen LogP contribution < -0.4 is 0 Å². The molecule has 0 heterocycles. The molecule has 0 amide bonds. The Labute approximate surface area is 123 Å². The van der Waals surface area contributed by atoms with Crippen LogP contribution in [0.5, 0.6) is 0 Å². The van der Waals surface area contributed by atoms with Crippen LogP contribution in [0, 0.1) is 53.4 Å². The molecule has 15 heavy (non-hydrogen) atoms. The summed E-state index contributed by atoms with van der Waals surface area (Å²) < 4.78 is 0. The minimum atomic E-state index is 0. The molecular weight excluding hydrogens is 307 g/mol. The topological polar surface area (TPSA) is 0 Å². The maximum atomic E-state index is 2.44. The van der Waals surface area contributed by atoms with Gasteiger partial charge in [-0.3, -0.25) is 0 Å². The molecule has 1 radical (unpaired) electrons. The molecule has 0 N–H and O–H groups in total. The van der Waals surface area contributed by atoms with Crippen molar-refractivity contribution in [3.8, 4) is 0 Å². The van der Waals surface area contributed by atoms with Crippen LogP contribution in [-0.4, -0.2) is 0 Å². The zero-order valence-electron chi connectivity index (χ0n) is 11.1. The average molecular weight is 331 g/mol. The molecule has 0 aromatic heterocycles. The average Bonchev–Trinajstić information content (AvgIpc) is 2.46. The van der Waals surface area contributed by atoms with Crippen LogP contribution in [0.1, 0.15) is 48.0 Å². The van der Waals surface area contributed by atoms with Crippen molar-refractivity contribution in [2.75, 3.05) is 0 Å². The third kappa shape index (κ3) is 3.58. The van der Waals surface area contributed by atoms with E-state index in [1.54, 1.807) is 16.7 Å². The quantitative estimate of drug-likeness (QED) is 0.710. The summed E-state index contributed by atoms with van der Waals surface area (Å²) in [6, 6.07) is 0. The van der Waals surface area contributed by atoms with Crippen LogP contribution in [0.25, 0.3) is 0 Å². The Bertz CT molecular complexity index is 267. The maximum Gasteiger partial charge on any atom is 0 e. The van der Waals surface area contributed by atoms with Crippen molar-refractivity contribution in [1.29, 1.82) is 0 Å². The molecule has 0 bridgehead atoms. The normalized spacial score (nSPS) is 16.5. The number of rotatable bonds is 3. The van der Waals surface area contributed by atoms with E-state index in [9.17, 15) is 0 Å². The molecular formula is C14H24La. The zero-order valence-corrected chi connectivity index (χ0v) is 14.7. The summed E-state index contributed by atoms with van der Waals surface area (Å²) in [5.74, 6) is 2.08. The molecule has 83 valence electrons. The minimum absolute atomic E-state index is 0. The predicted molar refractivity (Wildman–Crippen MR) is 64.2 cm³/mol. The van der Waals surface area contributed by atoms with E-state index in [2.05, 4.69) is 47.6 Å². The van der Waals surface area contributed by atoms with Crippen molar-refractivity contribution in [3.05, 3.63) is 22.8 Å². The van der Waals surface area contributed by atoms with Crippen molar-refractivity contribution in [1.82, 2.24) is 0 Å². The molecule has 0 aromatic rings. The van der Waals surface area contributed by atoms with E-state index in [-0.39, 0.29) is 35.6 Å². The fourth-order valence-electron chi connectivity index (χ4n) is 2.42. The summed E-state index contributed by atoms with van der Waals surface area (Å²) >= 11 is 0. The summed E-state index contributed by atoms with van der Waals surface area (Å²) in [5, 5.41) is 0. The first-order chi connectivity index (χ1) is 6.45. The summed E-state index contributed by atoms with van der Waals surface area (Å²) in [6.07, 6.45) is 3.63. The molecule has 0 aliphatic heterocycles. The standard InChI is InChI=1S/C14H24.La/c1-9(2)12-7-8-13(10(3)4)14(12)11(5)6;/h7,9-11H,8H2,1-6H3;. The van der Waals surface area contributed by atoms with E-state index < -0.39 is 0 Å². The Morgan fingerprint density at radius 1 is 0.867 bits per heavy atom. The molecule has 0 spiro atoms. The third-order valence-corrected chi connectivity index (χ3v) is 3.10. The summed E-state index contributed by atoms with van der Waals surface area (Å²) in [6.45, 7) is 13.9. The first kappa shape index (κ1) is 15.7. The molecule has 0 aromatic carbocycles. The van der Waals surface area contributed by atoms with Gasteiger partial charge in [0.1, 0.15) is 0 Å². The van der Waals surface area contributed by atoms with Gasteiger partial charge in [0.2, 0.25) is 0 Å². The Balaban J connectivity index is 0.00000196. The molecule has 0 saturated carbocycles. The number of hydrogen-bond acceptors (Lipinski definition) is 0. The number of allylic oxidation sites excluding steroid dienone is 4. The fraction of sp³-hybridized carbons (Fsp3) is 0.714. The van der Waals surface area contributed by atoms with E-state index in [0.717, 1.165) is 0 Å². The van der Waals surface area contributed by atoms with Gasteiger partial charge >= 0.3 is 0 Å². The molecule has 1 heteroatoms. The van der Waals surface area contributed by atoms with Crippen LogP contribution in [0.4, 0.5) is 0 Å². The van der Waals surface area contributed by atoms with Gasteiger partial charge in [0.25, 0.3) is 0 Å². The Morgan fingerprint density at radius 3 is 1.73 bits per heavy atom. The second kappa shape index (κ2) is 6.42. The van der Waals surface area contributed by atoms with Crippen LogP contribution in [-0.2, 0) is 0 Å². The smallest absolute Gasteiger partial charge is 0 e. The van der Waals surface area contributed by atoms with E-state index in [1.807, 2.05) is 0 Å². The van der Waals surface area contributed by atoms with Gasteiger partial charge in [-0.1, -0.05) is 53.2 Å². The van der Waals surface area contributed by atoms with E-state index >= 15 is 0 Å². The molecule has 1 aliphatic rings. The van der Waals surface area contributed by atoms with Gasteiger partial charge in [-0.25, -0.2) is 0 Å². The van der Waals surface area contributed by atoms with Crippen LogP contribution in [0.2, 0.25) is 0 Å². The predicted octanol–water partition coefficient (Wildman–Crippen LogP) is 4.58. The van der Waals surface area contributed by atoms with Crippen molar-refractivity contribution in [2.45, 2.75) is 48.0 Å². The Morgan fingerprint density at radius 2 is 1.40 bits per heavy atom. The van der Waals surface area contributed by atoms with E-state index in [1.165, 1.54) is 6.42 Å². The van der Waals surface area contributed by atoms with Gasteiger partial charge in [0.15, 0.2) is 0 Å². The van der Waals surface area contributed by atoms with Gasteiger partial charge in [0.05, 0.1) is 0 Å². The van der Waals surface area contributed by atoms with Crippen molar-refractivity contribution in [2.24, 2.45) is 17.8 Å². The molecule has 1 aliphatic carbocycles. The SMILES string of the molecule is CC(C)C1=CCC(C(C)C)=C1C(C)C.[La]. The second-order valence-electron chi connectivity index (χ2n) is 5.27. The first-order valence-electron chi connectivity index (χ1n) is 5.88. The number of hydrogen-bond donors (Lipinski definition) is 0. The van der Waals surface area contributed by atoms with Crippen LogP contribution in [0.15, 0.2) is 22.8 Å². The molecule has 0 fully saturated rings. The van der Waals surface area contributed by atoms with Gasteiger partial charge in [-0.2, -0.15) is 0 Å². The van der Waals surface area contributed by atoms with Gasteiger partial charge in [-0.05, 0) is 35.3 Å². The largest absolute Gasteiger partial charge is 0.0767 e. The summed E-state index contributed by atoms with van der Waals surface area (Å²) in [4.78, 5) is 0. The minimum Gasteiger partial charge on any atom is -0.0767 e. The van der Waals surface area contributed by atoms with Crippen molar-refractivity contribution < 1.29 is 35.6 Å². The van der Waals surface area contributed by atoms with E-state index in [4.69, 9.17) is 0 Å². The Hall–Kier alpha value is 0.675. The third-order valence-electron chi connectivity index (χ3n) is 3.10. The second-order valence-corrected chi connectivity index (χ2v) is 5.27. The molecule has 0 unspecified atom stereocenters. The van der Waals surface area contributed by atoms with Gasteiger partial charge < -0.3 is 0 Å². The van der Waals surface area contributed by atoms with Crippen LogP contribution >= 0.6 is 0 Å². The van der Waals surface area contributed by atoms with Gasteiger partial charge in [0, 0.05) is 35.6 Å². The fourth-order valence-corrected chi connectivity index (χ4v) is 2.42. The van der Waals surface area contributed by atoms with Crippen LogP contribution in [0.3, 0.4) is 0 Å². The molecule has 0 atom stereocenters. The zero-order chi connectivity index (χ0) is 10.9.